The second-order valence-electron chi connectivity index (χ2n) is 12.4. The first-order valence-corrected chi connectivity index (χ1v) is 16.3. The SMILES string of the molecule is Cl.O=CN[C@H]1C[C@@H](n2cnc3c(NCC(c4ccccc4)c4ccccc4)nc(N4CCC(NC(=O)Nc5cccnc5)C4)nc32)[C@H](O)[C@@H]1O. The van der Waals surface area contributed by atoms with Crippen molar-refractivity contribution in [3.8, 4) is 0 Å². The lowest BCUT2D eigenvalue weighted by Gasteiger charge is -2.22. The van der Waals surface area contributed by atoms with Crippen LogP contribution in [-0.2, 0) is 4.79 Å². The van der Waals surface area contributed by atoms with Crippen molar-refractivity contribution in [2.45, 2.75) is 49.1 Å². The molecule has 6 N–H and O–H groups in total. The minimum absolute atomic E-state index is 0. The van der Waals surface area contributed by atoms with E-state index in [9.17, 15) is 19.8 Å². The van der Waals surface area contributed by atoms with Gasteiger partial charge in [-0.1, -0.05) is 60.7 Å². The lowest BCUT2D eigenvalue weighted by Crippen LogP contribution is -2.40. The first-order chi connectivity index (χ1) is 24.0. The van der Waals surface area contributed by atoms with Gasteiger partial charge in [0.2, 0.25) is 12.4 Å². The summed E-state index contributed by atoms with van der Waals surface area (Å²) in [7, 11) is 0. The summed E-state index contributed by atoms with van der Waals surface area (Å²) in [5.74, 6) is 0.982. The van der Waals surface area contributed by atoms with E-state index in [0.717, 1.165) is 11.1 Å². The standard InChI is InChI=1S/C35H38N10O4.ClH/c46-21-39-27-16-28(31(48)30(27)47)45-20-38-29-32(37-18-26(22-8-3-1-4-9-22)23-10-5-2-6-11-23)42-34(43-33(29)45)44-15-13-25(19-44)41-35(49)40-24-12-7-14-36-17-24;/h1-12,14,17,20-21,25-28,30-31,47-48H,13,15-16,18-19H2,(H,39,46)(H,37,42,43)(H2,40,41,49);1H/t25?,27-,28+,30+,31-;/m0./s1. The fourth-order valence-electron chi connectivity index (χ4n) is 6.80. The number of pyridine rings is 1. The van der Waals surface area contributed by atoms with Crippen LogP contribution in [0.5, 0.6) is 0 Å². The number of hydrogen-bond donors (Lipinski definition) is 6. The largest absolute Gasteiger partial charge is 0.388 e. The maximum Gasteiger partial charge on any atom is 0.319 e. The molecule has 15 heteroatoms. The summed E-state index contributed by atoms with van der Waals surface area (Å²) in [6.07, 6.45) is 4.03. The topological polar surface area (TPSA) is 182 Å². The number of aromatic nitrogens is 5. The molecule has 1 saturated carbocycles. The molecule has 1 saturated heterocycles. The number of hydrogen-bond acceptors (Lipinski definition) is 10. The lowest BCUT2D eigenvalue weighted by molar-refractivity contribution is -0.111. The Hall–Kier alpha value is -5.31. The van der Waals surface area contributed by atoms with Crippen molar-refractivity contribution < 1.29 is 19.8 Å². The van der Waals surface area contributed by atoms with Crippen LogP contribution in [0, 0.1) is 0 Å². The van der Waals surface area contributed by atoms with E-state index in [1.165, 1.54) is 0 Å². The number of rotatable bonds is 11. The molecule has 2 aromatic carbocycles. The van der Waals surface area contributed by atoms with Crippen LogP contribution in [0.15, 0.2) is 91.5 Å². The van der Waals surface area contributed by atoms with Gasteiger partial charge in [-0.3, -0.25) is 9.78 Å². The zero-order chi connectivity index (χ0) is 33.7. The molecule has 260 valence electrons. The molecule has 3 aromatic heterocycles. The van der Waals surface area contributed by atoms with Crippen LogP contribution in [0.1, 0.15) is 35.9 Å². The van der Waals surface area contributed by atoms with Crippen molar-refractivity contribution in [1.82, 2.24) is 35.1 Å². The Morgan fingerprint density at radius 2 is 1.72 bits per heavy atom. The zero-order valence-electron chi connectivity index (χ0n) is 27.0. The Labute approximate surface area is 294 Å². The molecule has 1 aliphatic heterocycles. The van der Waals surface area contributed by atoms with Gasteiger partial charge in [-0.25, -0.2) is 9.78 Å². The third-order valence-electron chi connectivity index (χ3n) is 9.30. The van der Waals surface area contributed by atoms with Crippen molar-refractivity contribution in [2.24, 2.45) is 0 Å². The molecule has 5 atom stereocenters. The normalized spacial score (nSPS) is 21.5. The molecule has 2 aliphatic rings. The van der Waals surface area contributed by atoms with Gasteiger partial charge in [0.1, 0.15) is 12.2 Å². The molecule has 1 aliphatic carbocycles. The number of anilines is 3. The Kier molecular flexibility index (Phi) is 10.7. The van der Waals surface area contributed by atoms with E-state index in [2.05, 4.69) is 55.5 Å². The molecule has 0 radical (unpaired) electrons. The Balaban J connectivity index is 0.00000432. The predicted molar refractivity (Wildman–Crippen MR) is 191 cm³/mol. The highest BCUT2D eigenvalue weighted by Gasteiger charge is 2.43. The molecule has 50 heavy (non-hydrogen) atoms. The number of benzene rings is 2. The van der Waals surface area contributed by atoms with Crippen molar-refractivity contribution in [1.29, 1.82) is 0 Å². The number of amides is 3. The summed E-state index contributed by atoms with van der Waals surface area (Å²) in [6, 6.07) is 22.4. The van der Waals surface area contributed by atoms with Gasteiger partial charge in [0.25, 0.3) is 0 Å². The number of aliphatic hydroxyl groups is 2. The fraction of sp³-hybridized carbons (Fsp3) is 0.314. The number of halogens is 1. The summed E-state index contributed by atoms with van der Waals surface area (Å²) >= 11 is 0. The van der Waals surface area contributed by atoms with E-state index in [-0.39, 0.29) is 30.4 Å². The summed E-state index contributed by atoms with van der Waals surface area (Å²) in [6.45, 7) is 1.59. The third kappa shape index (κ3) is 7.32. The van der Waals surface area contributed by atoms with E-state index in [1.54, 1.807) is 35.4 Å². The van der Waals surface area contributed by atoms with Crippen LogP contribution < -0.4 is 26.2 Å². The number of nitrogens with zero attached hydrogens (tertiary/aromatic N) is 6. The van der Waals surface area contributed by atoms with Crippen LogP contribution >= 0.6 is 12.4 Å². The van der Waals surface area contributed by atoms with Crippen LogP contribution in [0.25, 0.3) is 11.2 Å². The van der Waals surface area contributed by atoms with E-state index in [0.29, 0.717) is 67.5 Å². The third-order valence-corrected chi connectivity index (χ3v) is 9.30. The summed E-state index contributed by atoms with van der Waals surface area (Å²) in [4.78, 5) is 44.5. The van der Waals surface area contributed by atoms with Crippen LogP contribution in [0.3, 0.4) is 0 Å². The van der Waals surface area contributed by atoms with Crippen LogP contribution in [0.4, 0.5) is 22.2 Å². The molecule has 3 amide bonds. The lowest BCUT2D eigenvalue weighted by atomic mass is 9.91. The first-order valence-electron chi connectivity index (χ1n) is 16.3. The summed E-state index contributed by atoms with van der Waals surface area (Å²) < 4.78 is 1.76. The highest BCUT2D eigenvalue weighted by atomic mass is 35.5. The van der Waals surface area contributed by atoms with Gasteiger partial charge in [0.15, 0.2) is 17.0 Å². The molecule has 4 heterocycles. The molecule has 0 bridgehead atoms. The van der Waals surface area contributed by atoms with Crippen molar-refractivity contribution >= 4 is 53.5 Å². The summed E-state index contributed by atoms with van der Waals surface area (Å²) in [5, 5.41) is 33.7. The highest BCUT2D eigenvalue weighted by molar-refractivity contribution is 5.89. The first kappa shape index (κ1) is 34.5. The predicted octanol–water partition coefficient (Wildman–Crippen LogP) is 3.07. The number of carbonyl (C=O) groups excluding carboxylic acids is 2. The monoisotopic (exact) mass is 698 g/mol. The van der Waals surface area contributed by atoms with Gasteiger partial charge in [0.05, 0.1) is 30.3 Å². The van der Waals surface area contributed by atoms with Gasteiger partial charge in [-0.05, 0) is 36.1 Å². The van der Waals surface area contributed by atoms with Gasteiger partial charge >= 0.3 is 6.03 Å². The van der Waals surface area contributed by atoms with Gasteiger partial charge in [-0.15, -0.1) is 12.4 Å². The minimum Gasteiger partial charge on any atom is -0.388 e. The number of aliphatic hydroxyl groups excluding tert-OH is 2. The Bertz CT molecular complexity index is 1850. The average Bonchev–Trinajstić information content (AvgIpc) is 3.84. The molecular formula is C35H39ClN10O4. The van der Waals surface area contributed by atoms with Crippen molar-refractivity contribution in [3.63, 3.8) is 0 Å². The van der Waals surface area contributed by atoms with E-state index < -0.39 is 24.3 Å². The number of imidazole rings is 1. The number of fused-ring (bicyclic) bond motifs is 1. The maximum atomic E-state index is 12.7. The Morgan fingerprint density at radius 3 is 2.40 bits per heavy atom. The Morgan fingerprint density at radius 1 is 0.980 bits per heavy atom. The molecule has 2 fully saturated rings. The molecule has 14 nitrogen and oxygen atoms in total. The van der Waals surface area contributed by atoms with Gasteiger partial charge in [0, 0.05) is 37.8 Å². The second kappa shape index (κ2) is 15.5. The van der Waals surface area contributed by atoms with E-state index >= 15 is 0 Å². The minimum atomic E-state index is -1.15. The number of carbonyl (C=O) groups is 2. The number of nitrogens with one attached hydrogen (secondary N) is 4. The number of urea groups is 1. The fourth-order valence-corrected chi connectivity index (χ4v) is 6.80. The van der Waals surface area contributed by atoms with Gasteiger partial charge in [-0.2, -0.15) is 9.97 Å². The zero-order valence-corrected chi connectivity index (χ0v) is 27.9. The highest BCUT2D eigenvalue weighted by Crippen LogP contribution is 2.35. The quantitative estimate of drug-likeness (QED) is 0.112. The van der Waals surface area contributed by atoms with Crippen molar-refractivity contribution in [3.05, 3.63) is 103 Å². The average molecular weight is 699 g/mol. The summed E-state index contributed by atoms with van der Waals surface area (Å²) in [5.41, 5.74) is 3.89. The molecule has 7 rings (SSSR count). The molecule has 1 unspecified atom stereocenters. The molecule has 0 spiro atoms. The van der Waals surface area contributed by atoms with Crippen molar-refractivity contribution in [2.75, 3.05) is 35.2 Å². The smallest absolute Gasteiger partial charge is 0.319 e. The van der Waals surface area contributed by atoms with Gasteiger partial charge < -0.3 is 40.9 Å². The van der Waals surface area contributed by atoms with E-state index in [1.807, 2.05) is 41.3 Å². The molecular weight excluding hydrogens is 660 g/mol. The maximum absolute atomic E-state index is 12.7. The second-order valence-corrected chi connectivity index (χ2v) is 12.4. The van der Waals surface area contributed by atoms with Crippen LogP contribution in [-0.4, -0.2) is 91.1 Å². The molecule has 5 aromatic rings. The van der Waals surface area contributed by atoms with Crippen LogP contribution in [0.2, 0.25) is 0 Å². The van der Waals surface area contributed by atoms with E-state index in [4.69, 9.17) is 9.97 Å².